The number of amides is 1. The summed E-state index contributed by atoms with van der Waals surface area (Å²) in [6.45, 7) is 12.7. The van der Waals surface area contributed by atoms with Crippen LogP contribution >= 0.6 is 0 Å². The first kappa shape index (κ1) is 20.7. The zero-order valence-corrected chi connectivity index (χ0v) is 17.2. The smallest absolute Gasteiger partial charge is 0.277 e. The molecule has 2 rings (SSSR count). The van der Waals surface area contributed by atoms with Crippen molar-refractivity contribution in [2.24, 2.45) is 5.10 Å². The fourth-order valence-corrected chi connectivity index (χ4v) is 2.67. The predicted octanol–water partition coefficient (Wildman–Crippen LogP) is 4.95. The molecule has 1 N–H and O–H groups in total. The van der Waals surface area contributed by atoms with Crippen molar-refractivity contribution in [1.82, 2.24) is 5.43 Å². The van der Waals surface area contributed by atoms with Crippen molar-refractivity contribution in [3.8, 4) is 5.75 Å². The minimum absolute atomic E-state index is 0.0660. The molecule has 27 heavy (non-hydrogen) atoms. The monoisotopic (exact) mass is 366 g/mol. The number of carbonyl (C=O) groups is 1. The van der Waals surface area contributed by atoms with Crippen molar-refractivity contribution in [2.45, 2.75) is 52.9 Å². The van der Waals surface area contributed by atoms with Crippen molar-refractivity contribution in [2.75, 3.05) is 6.61 Å². The molecule has 0 fully saturated rings. The van der Waals surface area contributed by atoms with Crippen molar-refractivity contribution >= 4 is 12.1 Å². The maximum absolute atomic E-state index is 12.0. The second kappa shape index (κ2) is 8.85. The number of hydrogen-bond acceptors (Lipinski definition) is 3. The van der Waals surface area contributed by atoms with E-state index in [2.05, 4.69) is 63.3 Å². The summed E-state index contributed by atoms with van der Waals surface area (Å²) >= 11 is 0. The van der Waals surface area contributed by atoms with Crippen molar-refractivity contribution in [3.05, 3.63) is 64.7 Å². The molecule has 0 spiro atoms. The van der Waals surface area contributed by atoms with Crippen molar-refractivity contribution in [1.29, 1.82) is 0 Å². The molecule has 4 nitrogen and oxygen atoms in total. The standard InChI is InChI=1S/C23H30N2O2/c1-16(2)20-12-7-17(3)13-21(20)27-15-22(26)25-24-14-18-8-10-19(11-9-18)23(4,5)6/h7-14,16H,15H2,1-6H3,(H,25,26). The normalized spacial score (nSPS) is 11.8. The number of rotatable bonds is 6. The summed E-state index contributed by atoms with van der Waals surface area (Å²) in [5.41, 5.74) is 7.02. The first-order valence-corrected chi connectivity index (χ1v) is 9.32. The average Bonchev–Trinajstić information content (AvgIpc) is 2.59. The van der Waals surface area contributed by atoms with E-state index in [1.807, 2.05) is 31.2 Å². The van der Waals surface area contributed by atoms with Crippen LogP contribution in [0.4, 0.5) is 0 Å². The molecule has 144 valence electrons. The fourth-order valence-electron chi connectivity index (χ4n) is 2.67. The lowest BCUT2D eigenvalue weighted by molar-refractivity contribution is -0.123. The highest BCUT2D eigenvalue weighted by atomic mass is 16.5. The Morgan fingerprint density at radius 3 is 2.41 bits per heavy atom. The van der Waals surface area contributed by atoms with E-state index in [9.17, 15) is 4.79 Å². The fraction of sp³-hybridized carbons (Fsp3) is 0.391. The summed E-state index contributed by atoms with van der Waals surface area (Å²) in [4.78, 5) is 12.0. The third-order valence-electron chi connectivity index (χ3n) is 4.33. The summed E-state index contributed by atoms with van der Waals surface area (Å²) in [7, 11) is 0. The lowest BCUT2D eigenvalue weighted by Crippen LogP contribution is -2.25. The Bertz CT molecular complexity index is 800. The SMILES string of the molecule is Cc1ccc(C(C)C)c(OCC(=O)NN=Cc2ccc(C(C)(C)C)cc2)c1. The molecule has 4 heteroatoms. The first-order valence-electron chi connectivity index (χ1n) is 9.32. The maximum Gasteiger partial charge on any atom is 0.277 e. The Kier molecular flexibility index (Phi) is 6.78. The molecule has 0 aliphatic rings. The minimum Gasteiger partial charge on any atom is -0.483 e. The van der Waals surface area contributed by atoms with Gasteiger partial charge in [-0.2, -0.15) is 5.10 Å². The summed E-state index contributed by atoms with van der Waals surface area (Å²) in [6.07, 6.45) is 1.64. The Morgan fingerprint density at radius 1 is 1.15 bits per heavy atom. The van der Waals surface area contributed by atoms with Crippen LogP contribution in [0.1, 0.15) is 62.8 Å². The molecule has 2 aromatic carbocycles. The number of hydrazone groups is 1. The van der Waals surface area contributed by atoms with Gasteiger partial charge in [-0.05, 0) is 46.6 Å². The van der Waals surface area contributed by atoms with Crippen LogP contribution in [0, 0.1) is 6.92 Å². The van der Waals surface area contributed by atoms with Crippen LogP contribution in [0.3, 0.4) is 0 Å². The lowest BCUT2D eigenvalue weighted by Gasteiger charge is -2.18. The zero-order valence-electron chi connectivity index (χ0n) is 17.2. The van der Waals surface area contributed by atoms with Gasteiger partial charge in [0, 0.05) is 0 Å². The van der Waals surface area contributed by atoms with Crippen LogP contribution in [0.15, 0.2) is 47.6 Å². The maximum atomic E-state index is 12.0. The molecule has 0 aromatic heterocycles. The van der Waals surface area contributed by atoms with E-state index in [1.165, 1.54) is 5.56 Å². The number of hydrogen-bond donors (Lipinski definition) is 1. The summed E-state index contributed by atoms with van der Waals surface area (Å²) in [5.74, 6) is 0.799. The molecule has 0 bridgehead atoms. The molecule has 0 radical (unpaired) electrons. The highest BCUT2D eigenvalue weighted by Gasteiger charge is 2.12. The van der Waals surface area contributed by atoms with Crippen LogP contribution in [0.5, 0.6) is 5.75 Å². The van der Waals surface area contributed by atoms with Crippen molar-refractivity contribution < 1.29 is 9.53 Å². The molecule has 2 aromatic rings. The quantitative estimate of drug-likeness (QED) is 0.581. The molecule has 0 saturated heterocycles. The molecular weight excluding hydrogens is 336 g/mol. The Balaban J connectivity index is 1.90. The molecule has 0 unspecified atom stereocenters. The van der Waals surface area contributed by atoms with Crippen LogP contribution < -0.4 is 10.2 Å². The van der Waals surface area contributed by atoms with E-state index in [0.29, 0.717) is 5.92 Å². The van der Waals surface area contributed by atoms with Gasteiger partial charge in [0.1, 0.15) is 5.75 Å². The number of nitrogens with zero attached hydrogens (tertiary/aromatic N) is 1. The number of benzene rings is 2. The van der Waals surface area contributed by atoms with E-state index in [0.717, 1.165) is 22.4 Å². The summed E-state index contributed by atoms with van der Waals surface area (Å²) in [6, 6.07) is 14.2. The van der Waals surface area contributed by atoms with Gasteiger partial charge in [0.2, 0.25) is 0 Å². The van der Waals surface area contributed by atoms with E-state index < -0.39 is 0 Å². The van der Waals surface area contributed by atoms with E-state index >= 15 is 0 Å². The molecule has 0 saturated carbocycles. The Labute approximate surface area is 162 Å². The molecule has 0 heterocycles. The van der Waals surface area contributed by atoms with Gasteiger partial charge in [0.15, 0.2) is 6.61 Å². The first-order chi connectivity index (χ1) is 12.7. The van der Waals surface area contributed by atoms with Crippen LogP contribution in [0.2, 0.25) is 0 Å². The Morgan fingerprint density at radius 2 is 1.81 bits per heavy atom. The largest absolute Gasteiger partial charge is 0.483 e. The minimum atomic E-state index is -0.284. The van der Waals surface area contributed by atoms with Gasteiger partial charge in [-0.3, -0.25) is 4.79 Å². The van der Waals surface area contributed by atoms with Gasteiger partial charge >= 0.3 is 0 Å². The van der Waals surface area contributed by atoms with Gasteiger partial charge in [-0.15, -0.1) is 0 Å². The van der Waals surface area contributed by atoms with Crippen LogP contribution in [-0.2, 0) is 10.2 Å². The highest BCUT2D eigenvalue weighted by Crippen LogP contribution is 2.27. The van der Waals surface area contributed by atoms with Crippen molar-refractivity contribution in [3.63, 3.8) is 0 Å². The zero-order chi connectivity index (χ0) is 20.0. The third kappa shape index (κ3) is 6.24. The highest BCUT2D eigenvalue weighted by molar-refractivity contribution is 5.83. The van der Waals surface area contributed by atoms with Crippen LogP contribution in [0.25, 0.3) is 0 Å². The van der Waals surface area contributed by atoms with Gasteiger partial charge in [-0.25, -0.2) is 5.43 Å². The second-order valence-electron chi connectivity index (χ2n) is 8.15. The second-order valence-corrected chi connectivity index (χ2v) is 8.15. The summed E-state index contributed by atoms with van der Waals surface area (Å²) < 4.78 is 5.71. The number of aryl methyl sites for hydroxylation is 1. The van der Waals surface area contributed by atoms with Gasteiger partial charge in [0.25, 0.3) is 5.91 Å². The number of ether oxygens (including phenoxy) is 1. The molecular formula is C23H30N2O2. The van der Waals surface area contributed by atoms with Gasteiger partial charge in [0.05, 0.1) is 6.21 Å². The molecule has 0 aliphatic heterocycles. The molecule has 0 aliphatic carbocycles. The summed E-state index contributed by atoms with van der Waals surface area (Å²) in [5, 5.41) is 4.02. The average molecular weight is 367 g/mol. The predicted molar refractivity (Wildman–Crippen MR) is 112 cm³/mol. The molecule has 1 amide bonds. The third-order valence-corrected chi connectivity index (χ3v) is 4.33. The van der Waals surface area contributed by atoms with Gasteiger partial charge in [-0.1, -0.05) is 71.0 Å². The van der Waals surface area contributed by atoms with Gasteiger partial charge < -0.3 is 4.74 Å². The Hall–Kier alpha value is -2.62. The van der Waals surface area contributed by atoms with E-state index in [4.69, 9.17) is 4.74 Å². The topological polar surface area (TPSA) is 50.7 Å². The lowest BCUT2D eigenvalue weighted by atomic mass is 9.87. The molecule has 0 atom stereocenters. The van der Waals surface area contributed by atoms with E-state index in [-0.39, 0.29) is 17.9 Å². The number of carbonyl (C=O) groups excluding carboxylic acids is 1. The number of nitrogens with one attached hydrogen (secondary N) is 1. The van der Waals surface area contributed by atoms with E-state index in [1.54, 1.807) is 6.21 Å². The van der Waals surface area contributed by atoms with Crippen LogP contribution in [-0.4, -0.2) is 18.7 Å².